The highest BCUT2D eigenvalue weighted by Crippen LogP contribution is 2.37. The zero-order chi connectivity index (χ0) is 24.3. The molecular weight excluding hydrogens is 485 g/mol. The van der Waals surface area contributed by atoms with Crippen LogP contribution in [0.3, 0.4) is 0 Å². The third-order valence-electron chi connectivity index (χ3n) is 6.43. The molecule has 2 fully saturated rings. The average Bonchev–Trinajstić information content (AvgIpc) is 3.46. The van der Waals surface area contributed by atoms with Crippen molar-refractivity contribution in [3.8, 4) is 11.5 Å². The number of nitrogens with zero attached hydrogens (tertiary/aromatic N) is 3. The molecule has 2 aliphatic heterocycles. The predicted molar refractivity (Wildman–Crippen MR) is 125 cm³/mol. The number of hydrogen-bond donors (Lipinski definition) is 2. The molecule has 2 saturated heterocycles. The summed E-state index contributed by atoms with van der Waals surface area (Å²) in [5.41, 5.74) is 1.20. The molecule has 0 aromatic carbocycles. The summed E-state index contributed by atoms with van der Waals surface area (Å²) in [4.78, 5) is 23.6. The molecule has 2 N–H and O–H groups in total. The molecule has 2 aliphatic rings. The molecule has 0 bridgehead atoms. The average molecular weight is 514 g/mol. The third kappa shape index (κ3) is 5.94. The van der Waals surface area contributed by atoms with Crippen LogP contribution >= 0.6 is 11.6 Å². The van der Waals surface area contributed by atoms with E-state index in [-0.39, 0.29) is 36.0 Å². The molecule has 0 radical (unpaired) electrons. The summed E-state index contributed by atoms with van der Waals surface area (Å²) in [5, 5.41) is 3.07. The lowest BCUT2D eigenvalue weighted by Gasteiger charge is -2.35. The quantitative estimate of drug-likeness (QED) is 0.560. The fraction of sp³-hybridized carbons (Fsp3) is 0.591. The number of aromatic nitrogens is 3. The predicted octanol–water partition coefficient (Wildman–Crippen LogP) is 2.70. The van der Waals surface area contributed by atoms with Crippen LogP contribution in [0.2, 0.25) is 5.15 Å². The number of sulfonamides is 1. The van der Waals surface area contributed by atoms with Gasteiger partial charge < -0.3 is 15.0 Å². The molecule has 2 aromatic heterocycles. The van der Waals surface area contributed by atoms with Gasteiger partial charge in [-0.15, -0.1) is 0 Å². The van der Waals surface area contributed by atoms with Crippen molar-refractivity contribution < 1.29 is 22.3 Å². The largest absolute Gasteiger partial charge is 0.376 e. The molecule has 0 aliphatic carbocycles. The fourth-order valence-electron chi connectivity index (χ4n) is 4.51. The minimum absolute atomic E-state index is 0.0182. The number of carbonyl (C=O) groups is 1. The van der Waals surface area contributed by atoms with Gasteiger partial charge in [0, 0.05) is 38.6 Å². The van der Waals surface area contributed by atoms with Crippen LogP contribution < -0.4 is 5.32 Å². The minimum atomic E-state index is -3.57. The summed E-state index contributed by atoms with van der Waals surface area (Å²) in [5.74, 6) is -0.555. The Morgan fingerprint density at radius 3 is 2.88 bits per heavy atom. The maximum atomic E-state index is 13.2. The summed E-state index contributed by atoms with van der Waals surface area (Å²) >= 11 is 6.38. The van der Waals surface area contributed by atoms with E-state index in [1.807, 2.05) is 6.92 Å². The van der Waals surface area contributed by atoms with Gasteiger partial charge in [0.2, 0.25) is 15.9 Å². The number of imidazole rings is 1. The maximum absolute atomic E-state index is 13.2. The number of piperidine rings is 1. The molecule has 3 atom stereocenters. The topological polar surface area (TPSA) is 117 Å². The molecule has 0 saturated carbocycles. The van der Waals surface area contributed by atoms with Crippen LogP contribution in [0.15, 0.2) is 18.3 Å². The van der Waals surface area contributed by atoms with Crippen molar-refractivity contribution in [2.45, 2.75) is 44.6 Å². The summed E-state index contributed by atoms with van der Waals surface area (Å²) < 4.78 is 45.8. The molecular formula is C22H29ClFN5O4S. The van der Waals surface area contributed by atoms with Crippen molar-refractivity contribution in [1.29, 1.82) is 0 Å². The van der Waals surface area contributed by atoms with Crippen molar-refractivity contribution in [3.63, 3.8) is 0 Å². The van der Waals surface area contributed by atoms with Gasteiger partial charge in [-0.05, 0) is 37.3 Å². The first-order chi connectivity index (χ1) is 16.2. The monoisotopic (exact) mass is 513 g/mol. The number of aromatic amines is 1. The van der Waals surface area contributed by atoms with Gasteiger partial charge in [-0.1, -0.05) is 18.5 Å². The number of H-pyrrole nitrogens is 1. The van der Waals surface area contributed by atoms with E-state index < -0.39 is 15.8 Å². The first kappa shape index (κ1) is 25.0. The van der Waals surface area contributed by atoms with Crippen molar-refractivity contribution in [1.82, 2.24) is 24.6 Å². The minimum Gasteiger partial charge on any atom is -0.376 e. The van der Waals surface area contributed by atoms with Crippen LogP contribution in [-0.2, 0) is 19.6 Å². The van der Waals surface area contributed by atoms with Crippen molar-refractivity contribution in [2.75, 3.05) is 32.0 Å². The summed E-state index contributed by atoms with van der Waals surface area (Å²) in [6.07, 6.45) is 3.51. The Kier molecular flexibility index (Phi) is 7.86. The molecule has 1 amide bonds. The number of amides is 1. The SMILES string of the molecule is C[C@H]1CN(S(=O)(=O)CCC(=O)NC[C@@H]2CCCO2)CC[C@H]1c1[nH]c(-c2ccc(F)cn2)nc1Cl. The Morgan fingerprint density at radius 1 is 1.38 bits per heavy atom. The lowest BCUT2D eigenvalue weighted by atomic mass is 9.86. The molecule has 12 heteroatoms. The van der Waals surface area contributed by atoms with Gasteiger partial charge in [-0.2, -0.15) is 0 Å². The molecule has 4 heterocycles. The van der Waals surface area contributed by atoms with E-state index in [0.717, 1.165) is 24.7 Å². The fourth-order valence-corrected chi connectivity index (χ4v) is 6.33. The second kappa shape index (κ2) is 10.7. The number of pyridine rings is 1. The number of carbonyl (C=O) groups excluding carboxylic acids is 1. The van der Waals surface area contributed by atoms with Crippen molar-refractivity contribution in [3.05, 3.63) is 35.0 Å². The van der Waals surface area contributed by atoms with E-state index in [1.165, 1.54) is 16.4 Å². The van der Waals surface area contributed by atoms with E-state index in [9.17, 15) is 17.6 Å². The number of hydrogen-bond acceptors (Lipinski definition) is 6. The van der Waals surface area contributed by atoms with Gasteiger partial charge >= 0.3 is 0 Å². The van der Waals surface area contributed by atoms with Gasteiger partial charge in [-0.3, -0.25) is 4.79 Å². The van der Waals surface area contributed by atoms with Gasteiger partial charge in [0.1, 0.15) is 11.5 Å². The Hall–Kier alpha value is -2.08. The Morgan fingerprint density at radius 2 is 2.21 bits per heavy atom. The molecule has 0 spiro atoms. The van der Waals surface area contributed by atoms with E-state index in [2.05, 4.69) is 20.3 Å². The second-order valence-corrected chi connectivity index (χ2v) is 11.3. The van der Waals surface area contributed by atoms with Crippen molar-refractivity contribution in [2.24, 2.45) is 5.92 Å². The van der Waals surface area contributed by atoms with E-state index in [4.69, 9.17) is 16.3 Å². The smallest absolute Gasteiger partial charge is 0.221 e. The highest BCUT2D eigenvalue weighted by Gasteiger charge is 2.35. The summed E-state index contributed by atoms with van der Waals surface area (Å²) in [6, 6.07) is 2.82. The standard InChI is InChI=1S/C22H29ClFN5O4S/c1-14-13-29(34(31,32)10-7-19(30)26-12-16-3-2-9-33-16)8-6-17(14)20-21(23)28-22(27-20)18-5-4-15(24)11-25-18/h4-5,11,14,16-17H,2-3,6-10,12-13H2,1H3,(H,26,30)(H,27,28)/t14-,16-,17+/m0/s1. The van der Waals surface area contributed by atoms with Crippen LogP contribution in [-0.4, -0.2) is 71.7 Å². The van der Waals surface area contributed by atoms with E-state index in [1.54, 1.807) is 0 Å². The van der Waals surface area contributed by atoms with Crippen LogP contribution in [0, 0.1) is 11.7 Å². The normalized spacial score (nSPS) is 23.8. The Balaban J connectivity index is 1.32. The first-order valence-corrected chi connectivity index (χ1v) is 13.4. The first-order valence-electron chi connectivity index (χ1n) is 11.5. The lowest BCUT2D eigenvalue weighted by molar-refractivity contribution is -0.121. The Bertz CT molecular complexity index is 1100. The van der Waals surface area contributed by atoms with Gasteiger partial charge in [0.05, 0.1) is 23.7 Å². The number of rotatable bonds is 8. The van der Waals surface area contributed by atoms with E-state index >= 15 is 0 Å². The van der Waals surface area contributed by atoms with Crippen LogP contribution in [0.4, 0.5) is 4.39 Å². The van der Waals surface area contributed by atoms with Crippen LogP contribution in [0.25, 0.3) is 11.5 Å². The highest BCUT2D eigenvalue weighted by molar-refractivity contribution is 7.89. The van der Waals surface area contributed by atoms with Gasteiger partial charge in [0.25, 0.3) is 0 Å². The summed E-state index contributed by atoms with van der Waals surface area (Å²) in [6.45, 7) is 3.74. The van der Waals surface area contributed by atoms with E-state index in [0.29, 0.717) is 49.3 Å². The van der Waals surface area contributed by atoms with Gasteiger partial charge in [-0.25, -0.2) is 27.1 Å². The molecule has 34 heavy (non-hydrogen) atoms. The Labute approximate surface area is 203 Å². The lowest BCUT2D eigenvalue weighted by Crippen LogP contribution is -2.44. The zero-order valence-corrected chi connectivity index (χ0v) is 20.5. The molecule has 0 unspecified atom stereocenters. The summed E-state index contributed by atoms with van der Waals surface area (Å²) in [7, 11) is -3.57. The maximum Gasteiger partial charge on any atom is 0.221 e. The molecule has 9 nitrogen and oxygen atoms in total. The molecule has 4 rings (SSSR count). The van der Waals surface area contributed by atoms with Crippen LogP contribution in [0.1, 0.15) is 44.2 Å². The number of nitrogens with one attached hydrogen (secondary N) is 2. The zero-order valence-electron chi connectivity index (χ0n) is 19.0. The third-order valence-corrected chi connectivity index (χ3v) is 8.55. The van der Waals surface area contributed by atoms with Gasteiger partial charge in [0.15, 0.2) is 11.0 Å². The second-order valence-electron chi connectivity index (χ2n) is 8.89. The van der Waals surface area contributed by atoms with Crippen molar-refractivity contribution >= 4 is 27.5 Å². The van der Waals surface area contributed by atoms with Crippen LogP contribution in [0.5, 0.6) is 0 Å². The highest BCUT2D eigenvalue weighted by atomic mass is 35.5. The molecule has 186 valence electrons. The number of ether oxygens (including phenoxy) is 1. The molecule has 2 aromatic rings. The number of halogens is 2.